The first-order chi connectivity index (χ1) is 13.6. The van der Waals surface area contributed by atoms with Gasteiger partial charge in [0, 0.05) is 35.1 Å². The van der Waals surface area contributed by atoms with Crippen molar-refractivity contribution in [1.29, 1.82) is 0 Å². The van der Waals surface area contributed by atoms with Crippen molar-refractivity contribution in [3.05, 3.63) is 70.5 Å². The van der Waals surface area contributed by atoms with Crippen LogP contribution in [0.4, 0.5) is 18.9 Å². The first-order valence-electron chi connectivity index (χ1n) is 8.40. The standard InChI is InChI=1S/C20H15ClF3N3O2/c1-11(28)15-9-12(21)7-8-13(15)14-5-3-4-6-17(14)25-19(29)18-16(20(22,23)24)10-27(2)26-18/h3-10H,1-2H3,(H,25,29). The maximum absolute atomic E-state index is 13.2. The minimum Gasteiger partial charge on any atom is -0.320 e. The predicted octanol–water partition coefficient (Wildman–Crippen LogP) is 5.21. The van der Waals surface area contributed by atoms with Gasteiger partial charge in [-0.1, -0.05) is 35.9 Å². The zero-order valence-electron chi connectivity index (χ0n) is 15.3. The fourth-order valence-electron chi connectivity index (χ4n) is 2.91. The highest BCUT2D eigenvalue weighted by atomic mass is 35.5. The van der Waals surface area contributed by atoms with Crippen LogP contribution in [-0.2, 0) is 13.2 Å². The van der Waals surface area contributed by atoms with E-state index in [4.69, 9.17) is 11.6 Å². The van der Waals surface area contributed by atoms with Crippen molar-refractivity contribution in [2.45, 2.75) is 13.1 Å². The Morgan fingerprint density at radius 1 is 1.10 bits per heavy atom. The van der Waals surface area contributed by atoms with E-state index in [1.54, 1.807) is 30.3 Å². The molecule has 0 bridgehead atoms. The van der Waals surface area contributed by atoms with E-state index in [9.17, 15) is 22.8 Å². The molecule has 1 amide bonds. The Morgan fingerprint density at radius 3 is 2.45 bits per heavy atom. The molecule has 0 unspecified atom stereocenters. The van der Waals surface area contributed by atoms with Gasteiger partial charge in [0.1, 0.15) is 5.56 Å². The van der Waals surface area contributed by atoms with E-state index in [0.29, 0.717) is 21.7 Å². The van der Waals surface area contributed by atoms with E-state index >= 15 is 0 Å². The van der Waals surface area contributed by atoms with Crippen molar-refractivity contribution < 1.29 is 22.8 Å². The number of amides is 1. The minimum absolute atomic E-state index is 0.237. The molecule has 2 aromatic carbocycles. The average molecular weight is 422 g/mol. The Balaban J connectivity index is 2.05. The van der Waals surface area contributed by atoms with E-state index in [1.807, 2.05) is 0 Å². The van der Waals surface area contributed by atoms with Crippen LogP contribution >= 0.6 is 11.6 Å². The number of nitrogens with one attached hydrogen (secondary N) is 1. The van der Waals surface area contributed by atoms with Gasteiger partial charge in [0.25, 0.3) is 5.91 Å². The van der Waals surface area contributed by atoms with E-state index in [0.717, 1.165) is 10.9 Å². The van der Waals surface area contributed by atoms with Crippen LogP contribution in [0, 0.1) is 0 Å². The van der Waals surface area contributed by atoms with Gasteiger partial charge in [-0.15, -0.1) is 0 Å². The molecule has 5 nitrogen and oxygen atoms in total. The lowest BCUT2D eigenvalue weighted by molar-refractivity contribution is -0.137. The molecule has 1 heterocycles. The lowest BCUT2D eigenvalue weighted by Gasteiger charge is -2.14. The second kappa shape index (κ2) is 7.71. The number of rotatable bonds is 4. The predicted molar refractivity (Wildman–Crippen MR) is 103 cm³/mol. The maximum Gasteiger partial charge on any atom is 0.420 e. The van der Waals surface area contributed by atoms with E-state index in [2.05, 4.69) is 10.4 Å². The number of halogens is 4. The molecule has 0 saturated carbocycles. The van der Waals surface area contributed by atoms with Crippen LogP contribution in [0.15, 0.2) is 48.7 Å². The van der Waals surface area contributed by atoms with Gasteiger partial charge in [0.15, 0.2) is 11.5 Å². The molecule has 3 aromatic rings. The summed E-state index contributed by atoms with van der Waals surface area (Å²) >= 11 is 5.98. The number of carbonyl (C=O) groups is 2. The first kappa shape index (κ1) is 20.6. The molecule has 0 saturated heterocycles. The third kappa shape index (κ3) is 4.32. The molecule has 0 fully saturated rings. The van der Waals surface area contributed by atoms with Crippen LogP contribution in [0.2, 0.25) is 5.02 Å². The molecule has 0 aliphatic heterocycles. The fraction of sp³-hybridized carbons (Fsp3) is 0.150. The highest BCUT2D eigenvalue weighted by Gasteiger charge is 2.38. The normalized spacial score (nSPS) is 11.4. The second-order valence-electron chi connectivity index (χ2n) is 6.31. The van der Waals surface area contributed by atoms with Crippen LogP contribution < -0.4 is 5.32 Å². The van der Waals surface area contributed by atoms with Crippen LogP contribution in [0.1, 0.15) is 33.3 Å². The summed E-state index contributed by atoms with van der Waals surface area (Å²) in [7, 11) is 1.30. The zero-order chi connectivity index (χ0) is 21.3. The molecular weight excluding hydrogens is 407 g/mol. The van der Waals surface area contributed by atoms with Crippen molar-refractivity contribution in [3.8, 4) is 11.1 Å². The smallest absolute Gasteiger partial charge is 0.320 e. The van der Waals surface area contributed by atoms with Gasteiger partial charge in [0.05, 0.1) is 0 Å². The Bertz CT molecular complexity index is 1110. The summed E-state index contributed by atoms with van der Waals surface area (Å²) < 4.78 is 40.5. The lowest BCUT2D eigenvalue weighted by Crippen LogP contribution is -2.18. The van der Waals surface area contributed by atoms with Crippen molar-refractivity contribution in [3.63, 3.8) is 0 Å². The van der Waals surface area contributed by atoms with Gasteiger partial charge < -0.3 is 5.32 Å². The third-order valence-electron chi connectivity index (χ3n) is 4.18. The Kier molecular flexibility index (Phi) is 5.48. The quantitative estimate of drug-likeness (QED) is 0.588. The highest BCUT2D eigenvalue weighted by Crippen LogP contribution is 2.34. The van der Waals surface area contributed by atoms with Crippen molar-refractivity contribution in [1.82, 2.24) is 9.78 Å². The molecule has 3 rings (SSSR count). The van der Waals surface area contributed by atoms with Gasteiger partial charge in [-0.3, -0.25) is 14.3 Å². The van der Waals surface area contributed by atoms with Crippen molar-refractivity contribution >= 4 is 29.0 Å². The van der Waals surface area contributed by atoms with Gasteiger partial charge in [-0.05, 0) is 30.7 Å². The average Bonchev–Trinajstić information content (AvgIpc) is 3.05. The number of anilines is 1. The fourth-order valence-corrected chi connectivity index (χ4v) is 3.09. The molecule has 0 aliphatic carbocycles. The number of aromatic nitrogens is 2. The third-order valence-corrected chi connectivity index (χ3v) is 4.41. The minimum atomic E-state index is -4.72. The SMILES string of the molecule is CC(=O)c1cc(Cl)ccc1-c1ccccc1NC(=O)c1nn(C)cc1C(F)(F)F. The molecule has 1 aromatic heterocycles. The summed E-state index contributed by atoms with van der Waals surface area (Å²) in [6.45, 7) is 1.37. The zero-order valence-corrected chi connectivity index (χ0v) is 16.1. The lowest BCUT2D eigenvalue weighted by atomic mass is 9.96. The molecule has 9 heteroatoms. The van der Waals surface area contributed by atoms with Crippen molar-refractivity contribution in [2.24, 2.45) is 7.05 Å². The van der Waals surface area contributed by atoms with Gasteiger partial charge in [-0.25, -0.2) is 0 Å². The molecule has 150 valence electrons. The molecule has 0 aliphatic rings. The number of nitrogens with zero attached hydrogens (tertiary/aromatic N) is 2. The maximum atomic E-state index is 13.2. The Morgan fingerprint density at radius 2 is 1.79 bits per heavy atom. The van der Waals surface area contributed by atoms with E-state index in [1.165, 1.54) is 26.1 Å². The number of para-hydroxylation sites is 1. The number of hydrogen-bond acceptors (Lipinski definition) is 3. The molecule has 29 heavy (non-hydrogen) atoms. The summed E-state index contributed by atoms with van der Waals surface area (Å²) in [5.74, 6) is -1.25. The van der Waals surface area contributed by atoms with E-state index < -0.39 is 23.3 Å². The number of benzene rings is 2. The highest BCUT2D eigenvalue weighted by molar-refractivity contribution is 6.31. The van der Waals surface area contributed by atoms with Gasteiger partial charge >= 0.3 is 6.18 Å². The number of ketones is 1. The largest absolute Gasteiger partial charge is 0.420 e. The summed E-state index contributed by atoms with van der Waals surface area (Å²) in [6, 6.07) is 11.2. The number of Topliss-reactive ketones (excluding diaryl/α,β-unsaturated/α-hetero) is 1. The summed E-state index contributed by atoms with van der Waals surface area (Å²) in [5.41, 5.74) is -0.347. The van der Waals surface area contributed by atoms with Crippen LogP contribution in [0.25, 0.3) is 11.1 Å². The molecule has 0 atom stereocenters. The first-order valence-corrected chi connectivity index (χ1v) is 8.78. The van der Waals surface area contributed by atoms with Crippen molar-refractivity contribution in [2.75, 3.05) is 5.32 Å². The van der Waals surface area contributed by atoms with Crippen LogP contribution in [0.5, 0.6) is 0 Å². The number of hydrogen-bond donors (Lipinski definition) is 1. The molecule has 0 spiro atoms. The second-order valence-corrected chi connectivity index (χ2v) is 6.75. The number of carbonyl (C=O) groups excluding carboxylic acids is 2. The van der Waals surface area contributed by atoms with Gasteiger partial charge in [-0.2, -0.15) is 18.3 Å². The van der Waals surface area contributed by atoms with Crippen LogP contribution in [0.3, 0.4) is 0 Å². The Hall–Kier alpha value is -3.13. The number of alkyl halides is 3. The monoisotopic (exact) mass is 421 g/mol. The topological polar surface area (TPSA) is 64.0 Å². The van der Waals surface area contributed by atoms with Crippen LogP contribution in [-0.4, -0.2) is 21.5 Å². The molecule has 0 radical (unpaired) electrons. The summed E-state index contributed by atoms with van der Waals surface area (Å²) in [6.07, 6.45) is -3.98. The number of aryl methyl sites for hydroxylation is 1. The van der Waals surface area contributed by atoms with Gasteiger partial charge in [0.2, 0.25) is 0 Å². The summed E-state index contributed by atoms with van der Waals surface area (Å²) in [4.78, 5) is 24.6. The molecular formula is C20H15ClF3N3O2. The molecule has 1 N–H and O–H groups in total. The Labute approximate surface area is 169 Å². The summed E-state index contributed by atoms with van der Waals surface area (Å²) in [5, 5.41) is 6.48. The van der Waals surface area contributed by atoms with E-state index in [-0.39, 0.29) is 11.5 Å².